The Bertz CT molecular complexity index is 441. The van der Waals surface area contributed by atoms with E-state index in [4.69, 9.17) is 9.47 Å². The molecule has 0 aromatic heterocycles. The summed E-state index contributed by atoms with van der Waals surface area (Å²) in [6.07, 6.45) is 1.26. The highest BCUT2D eigenvalue weighted by Gasteiger charge is 2.46. The van der Waals surface area contributed by atoms with E-state index in [1.54, 1.807) is 12.1 Å². The zero-order valence-corrected chi connectivity index (χ0v) is 8.51. The maximum absolute atomic E-state index is 10.0. The molecule has 0 amide bonds. The Labute approximate surface area is 92.4 Å². The van der Waals surface area contributed by atoms with Crippen LogP contribution in [0.5, 0.6) is 11.5 Å². The largest absolute Gasteiger partial charge is 0.492 e. The van der Waals surface area contributed by atoms with Crippen molar-refractivity contribution in [3.63, 3.8) is 0 Å². The normalized spacial score (nSPS) is 19.7. The van der Waals surface area contributed by atoms with Crippen LogP contribution in [0, 0.1) is 0 Å². The topological polar surface area (TPSA) is 79.2 Å². The van der Waals surface area contributed by atoms with Crippen LogP contribution in [0.15, 0.2) is 12.1 Å². The average Bonchev–Trinajstić information content (AvgIpc) is 2.82. The van der Waals surface area contributed by atoms with Crippen molar-refractivity contribution in [1.82, 2.24) is 0 Å². The van der Waals surface area contributed by atoms with Crippen molar-refractivity contribution in [3.05, 3.63) is 17.7 Å². The highest BCUT2D eigenvalue weighted by molar-refractivity contribution is 6.60. The van der Waals surface area contributed by atoms with Crippen LogP contribution in [-0.2, 0) is 5.60 Å². The fourth-order valence-corrected chi connectivity index (χ4v) is 2.04. The lowest BCUT2D eigenvalue weighted by atomic mass is 9.74. The van der Waals surface area contributed by atoms with Crippen LogP contribution in [0.1, 0.15) is 18.4 Å². The molecule has 1 fully saturated rings. The molecular weight excluding hydrogens is 211 g/mol. The summed E-state index contributed by atoms with van der Waals surface area (Å²) in [5, 5.41) is 28.8. The first-order valence-corrected chi connectivity index (χ1v) is 5.13. The Kier molecular flexibility index (Phi) is 1.95. The zero-order valence-electron chi connectivity index (χ0n) is 8.51. The maximum atomic E-state index is 10.0. The summed E-state index contributed by atoms with van der Waals surface area (Å²) in [5.41, 5.74) is -0.193. The summed E-state index contributed by atoms with van der Waals surface area (Å²) >= 11 is 0. The molecule has 0 atom stereocenters. The molecule has 84 valence electrons. The highest BCUT2D eigenvalue weighted by atomic mass is 16.7. The van der Waals surface area contributed by atoms with E-state index in [-0.39, 0.29) is 12.3 Å². The molecule has 3 rings (SSSR count). The van der Waals surface area contributed by atoms with E-state index in [2.05, 4.69) is 0 Å². The molecule has 3 N–H and O–H groups in total. The molecule has 2 aliphatic rings. The summed E-state index contributed by atoms with van der Waals surface area (Å²) in [6, 6.07) is 3.34. The molecule has 5 nitrogen and oxygen atoms in total. The molecule has 1 aromatic carbocycles. The Balaban J connectivity index is 2.18. The molecule has 1 aromatic rings. The number of rotatable bonds is 2. The molecule has 1 aliphatic carbocycles. The minimum Gasteiger partial charge on any atom is -0.454 e. The Morgan fingerprint density at radius 3 is 2.56 bits per heavy atom. The molecule has 0 radical (unpaired) electrons. The zero-order chi connectivity index (χ0) is 11.3. The molecule has 0 spiro atoms. The number of fused-ring (bicyclic) bond motifs is 1. The van der Waals surface area contributed by atoms with Gasteiger partial charge in [0.2, 0.25) is 6.79 Å². The van der Waals surface area contributed by atoms with Gasteiger partial charge in [0.1, 0.15) is 0 Å². The van der Waals surface area contributed by atoms with E-state index in [0.29, 0.717) is 29.9 Å². The van der Waals surface area contributed by atoms with Crippen LogP contribution in [-0.4, -0.2) is 29.1 Å². The van der Waals surface area contributed by atoms with Gasteiger partial charge < -0.3 is 24.6 Å². The number of benzene rings is 1. The first-order chi connectivity index (χ1) is 7.62. The van der Waals surface area contributed by atoms with Crippen LogP contribution in [0.3, 0.4) is 0 Å². The van der Waals surface area contributed by atoms with Gasteiger partial charge >= 0.3 is 7.12 Å². The van der Waals surface area contributed by atoms with Crippen LogP contribution in [0.25, 0.3) is 0 Å². The molecule has 0 saturated heterocycles. The third-order valence-corrected chi connectivity index (χ3v) is 3.06. The highest BCUT2D eigenvalue weighted by Crippen LogP contribution is 2.46. The second-order valence-corrected chi connectivity index (χ2v) is 4.17. The first-order valence-electron chi connectivity index (χ1n) is 5.13. The molecule has 16 heavy (non-hydrogen) atoms. The van der Waals surface area contributed by atoms with Gasteiger partial charge in [0, 0.05) is 5.46 Å². The lowest BCUT2D eigenvalue weighted by Gasteiger charge is -2.15. The number of hydrogen-bond donors (Lipinski definition) is 3. The predicted octanol–water partition coefficient (Wildman–Crippen LogP) is -0.924. The summed E-state index contributed by atoms with van der Waals surface area (Å²) in [7, 11) is -1.67. The Morgan fingerprint density at radius 1 is 1.19 bits per heavy atom. The monoisotopic (exact) mass is 222 g/mol. The van der Waals surface area contributed by atoms with E-state index < -0.39 is 12.7 Å². The van der Waals surface area contributed by atoms with Crippen LogP contribution in [0.4, 0.5) is 0 Å². The SMILES string of the molecule is OB(O)c1c(C2(O)CC2)ccc2c1OCO2. The van der Waals surface area contributed by atoms with E-state index in [1.165, 1.54) is 0 Å². The van der Waals surface area contributed by atoms with E-state index in [9.17, 15) is 15.2 Å². The van der Waals surface area contributed by atoms with Crippen molar-refractivity contribution in [2.45, 2.75) is 18.4 Å². The lowest BCUT2D eigenvalue weighted by molar-refractivity contribution is 0.151. The Hall–Kier alpha value is -1.24. The van der Waals surface area contributed by atoms with Gasteiger partial charge in [0.25, 0.3) is 0 Å². The van der Waals surface area contributed by atoms with Crippen molar-refractivity contribution < 1.29 is 24.6 Å². The van der Waals surface area contributed by atoms with Gasteiger partial charge in [-0.3, -0.25) is 0 Å². The second-order valence-electron chi connectivity index (χ2n) is 4.17. The van der Waals surface area contributed by atoms with Crippen molar-refractivity contribution in [3.8, 4) is 11.5 Å². The van der Waals surface area contributed by atoms with Gasteiger partial charge in [0.05, 0.1) is 5.60 Å². The van der Waals surface area contributed by atoms with Gasteiger partial charge in [0.15, 0.2) is 11.5 Å². The molecule has 1 aliphatic heterocycles. The van der Waals surface area contributed by atoms with Crippen molar-refractivity contribution in [2.24, 2.45) is 0 Å². The summed E-state index contributed by atoms with van der Waals surface area (Å²) in [6.45, 7) is 0.0664. The van der Waals surface area contributed by atoms with E-state index in [0.717, 1.165) is 0 Å². The Morgan fingerprint density at radius 2 is 1.94 bits per heavy atom. The van der Waals surface area contributed by atoms with E-state index in [1.807, 2.05) is 0 Å². The van der Waals surface area contributed by atoms with Crippen LogP contribution < -0.4 is 14.9 Å². The number of aliphatic hydroxyl groups is 1. The van der Waals surface area contributed by atoms with Gasteiger partial charge in [-0.2, -0.15) is 0 Å². The minimum absolute atomic E-state index is 0.0664. The lowest BCUT2D eigenvalue weighted by Crippen LogP contribution is -2.36. The fourth-order valence-electron chi connectivity index (χ4n) is 2.04. The third kappa shape index (κ3) is 1.31. The number of hydrogen-bond acceptors (Lipinski definition) is 5. The van der Waals surface area contributed by atoms with Crippen molar-refractivity contribution >= 4 is 12.6 Å². The minimum atomic E-state index is -1.67. The quantitative estimate of drug-likeness (QED) is 0.563. The average molecular weight is 222 g/mol. The van der Waals surface area contributed by atoms with E-state index >= 15 is 0 Å². The third-order valence-electron chi connectivity index (χ3n) is 3.06. The fraction of sp³-hybridized carbons (Fsp3) is 0.400. The number of ether oxygens (including phenoxy) is 2. The van der Waals surface area contributed by atoms with Crippen molar-refractivity contribution in [1.29, 1.82) is 0 Å². The van der Waals surface area contributed by atoms with Gasteiger partial charge in [-0.15, -0.1) is 0 Å². The van der Waals surface area contributed by atoms with Gasteiger partial charge in [-0.1, -0.05) is 6.07 Å². The predicted molar refractivity (Wildman–Crippen MR) is 55.5 cm³/mol. The molecule has 0 unspecified atom stereocenters. The standard InChI is InChI=1S/C10H11BO5/c12-10(3-4-10)6-1-2-7-9(16-5-15-7)8(6)11(13)14/h1-2,12-14H,3-5H2. The van der Waals surface area contributed by atoms with Crippen LogP contribution >= 0.6 is 0 Å². The maximum Gasteiger partial charge on any atom is 0.492 e. The molecule has 1 saturated carbocycles. The first kappa shape index (κ1) is 9.95. The van der Waals surface area contributed by atoms with Gasteiger partial charge in [-0.05, 0) is 24.5 Å². The summed E-state index contributed by atoms with van der Waals surface area (Å²) in [4.78, 5) is 0. The smallest absolute Gasteiger partial charge is 0.454 e. The molecule has 6 heteroatoms. The van der Waals surface area contributed by atoms with Gasteiger partial charge in [-0.25, -0.2) is 0 Å². The molecule has 1 heterocycles. The second kappa shape index (κ2) is 3.13. The molecule has 0 bridgehead atoms. The summed E-state index contributed by atoms with van der Waals surface area (Å²) < 4.78 is 10.4. The van der Waals surface area contributed by atoms with Crippen molar-refractivity contribution in [2.75, 3.05) is 6.79 Å². The van der Waals surface area contributed by atoms with Crippen LogP contribution in [0.2, 0.25) is 0 Å². The molecular formula is C10H11BO5. The summed E-state index contributed by atoms with van der Waals surface area (Å²) in [5.74, 6) is 0.809.